The molecule has 3 atom stereocenters. The molecule has 0 radical (unpaired) electrons. The number of benzene rings is 2. The SMILES string of the molecule is O=C(Cc1ccccc1)N1C[C@@H]2[C@H](c3ccccc31)[C@H](CO)N2C(=O)C1CCOCC1. The number of amides is 2. The van der Waals surface area contributed by atoms with Gasteiger partial charge in [0, 0.05) is 37.3 Å². The highest BCUT2D eigenvalue weighted by Crippen LogP contribution is 2.49. The first-order valence-electron chi connectivity index (χ1n) is 11.1. The average Bonchev–Trinajstić information content (AvgIpc) is 2.80. The van der Waals surface area contributed by atoms with Crippen molar-refractivity contribution in [1.29, 1.82) is 0 Å². The summed E-state index contributed by atoms with van der Waals surface area (Å²) in [5.74, 6) is 0.126. The van der Waals surface area contributed by atoms with Crippen molar-refractivity contribution >= 4 is 17.5 Å². The van der Waals surface area contributed by atoms with Gasteiger partial charge in [0.15, 0.2) is 0 Å². The quantitative estimate of drug-likeness (QED) is 0.825. The number of fused-ring (bicyclic) bond motifs is 3. The van der Waals surface area contributed by atoms with Gasteiger partial charge in [-0.3, -0.25) is 9.59 Å². The molecule has 2 saturated heterocycles. The molecular formula is C25H28N2O4. The van der Waals surface area contributed by atoms with E-state index in [0.29, 0.717) is 26.2 Å². The second kappa shape index (κ2) is 8.44. The fourth-order valence-electron chi connectivity index (χ4n) is 5.45. The van der Waals surface area contributed by atoms with Crippen LogP contribution in [-0.4, -0.2) is 60.3 Å². The van der Waals surface area contributed by atoms with Crippen LogP contribution < -0.4 is 4.90 Å². The predicted octanol–water partition coefficient (Wildman–Crippen LogP) is 2.36. The van der Waals surface area contributed by atoms with E-state index in [-0.39, 0.29) is 42.3 Å². The highest BCUT2D eigenvalue weighted by molar-refractivity contribution is 5.97. The molecule has 0 unspecified atom stereocenters. The van der Waals surface area contributed by atoms with Gasteiger partial charge in [0.2, 0.25) is 11.8 Å². The third-order valence-electron chi connectivity index (χ3n) is 7.01. The molecule has 2 amide bonds. The van der Waals surface area contributed by atoms with E-state index < -0.39 is 0 Å². The lowest BCUT2D eigenvalue weighted by Gasteiger charge is -2.59. The molecule has 2 fully saturated rings. The molecule has 0 aliphatic carbocycles. The molecule has 3 aliphatic heterocycles. The van der Waals surface area contributed by atoms with Gasteiger partial charge in [0.1, 0.15) is 0 Å². The van der Waals surface area contributed by atoms with Crippen molar-refractivity contribution in [3.05, 3.63) is 65.7 Å². The lowest BCUT2D eigenvalue weighted by atomic mass is 9.71. The van der Waals surface area contributed by atoms with E-state index in [1.54, 1.807) is 0 Å². The van der Waals surface area contributed by atoms with Crippen molar-refractivity contribution in [1.82, 2.24) is 4.90 Å². The number of nitrogens with zero attached hydrogens (tertiary/aromatic N) is 2. The maximum absolute atomic E-state index is 13.3. The van der Waals surface area contributed by atoms with Crippen LogP contribution in [-0.2, 0) is 20.7 Å². The minimum absolute atomic E-state index is 0.0306. The first-order chi connectivity index (χ1) is 15.2. The van der Waals surface area contributed by atoms with E-state index >= 15 is 0 Å². The van der Waals surface area contributed by atoms with Crippen molar-refractivity contribution in [3.8, 4) is 0 Å². The van der Waals surface area contributed by atoms with Crippen LogP contribution in [0.4, 0.5) is 5.69 Å². The number of para-hydroxylation sites is 1. The molecule has 0 aromatic heterocycles. The minimum Gasteiger partial charge on any atom is -0.394 e. The van der Waals surface area contributed by atoms with Gasteiger partial charge >= 0.3 is 0 Å². The van der Waals surface area contributed by atoms with Crippen molar-refractivity contribution in [2.45, 2.75) is 37.3 Å². The molecule has 0 bridgehead atoms. The van der Waals surface area contributed by atoms with Gasteiger partial charge in [-0.1, -0.05) is 48.5 Å². The minimum atomic E-state index is -0.229. The van der Waals surface area contributed by atoms with Gasteiger partial charge in [-0.2, -0.15) is 0 Å². The summed E-state index contributed by atoms with van der Waals surface area (Å²) in [4.78, 5) is 30.3. The Morgan fingerprint density at radius 2 is 1.71 bits per heavy atom. The summed E-state index contributed by atoms with van der Waals surface area (Å²) in [6.45, 7) is 1.61. The van der Waals surface area contributed by atoms with Crippen LogP contribution >= 0.6 is 0 Å². The standard InChI is InChI=1S/C25H28N2O4/c28-16-22-24-19-8-4-5-9-20(19)26(23(29)14-17-6-2-1-3-7-17)15-21(24)27(22)25(30)18-10-12-31-13-11-18/h1-9,18,21-22,24,28H,10-16H2/t21-,22+,24+/m1/s1. The van der Waals surface area contributed by atoms with E-state index in [9.17, 15) is 14.7 Å². The Hall–Kier alpha value is -2.70. The molecule has 6 nitrogen and oxygen atoms in total. The number of hydrogen-bond donors (Lipinski definition) is 1. The maximum atomic E-state index is 13.3. The van der Waals surface area contributed by atoms with Crippen molar-refractivity contribution in [3.63, 3.8) is 0 Å². The Bertz CT molecular complexity index is 957. The average molecular weight is 421 g/mol. The first-order valence-corrected chi connectivity index (χ1v) is 11.1. The topological polar surface area (TPSA) is 70.1 Å². The monoisotopic (exact) mass is 420 g/mol. The number of anilines is 1. The van der Waals surface area contributed by atoms with Crippen LogP contribution in [0, 0.1) is 5.92 Å². The lowest BCUT2D eigenvalue weighted by molar-refractivity contribution is -0.158. The zero-order chi connectivity index (χ0) is 21.4. The van der Waals surface area contributed by atoms with Gasteiger partial charge < -0.3 is 19.6 Å². The summed E-state index contributed by atoms with van der Waals surface area (Å²) < 4.78 is 5.42. The van der Waals surface area contributed by atoms with Crippen LogP contribution in [0.15, 0.2) is 54.6 Å². The van der Waals surface area contributed by atoms with Crippen LogP contribution in [0.3, 0.4) is 0 Å². The van der Waals surface area contributed by atoms with Crippen LogP contribution in [0.25, 0.3) is 0 Å². The molecule has 0 spiro atoms. The molecule has 5 rings (SSSR count). The van der Waals surface area contributed by atoms with Crippen LogP contribution in [0.5, 0.6) is 0 Å². The highest BCUT2D eigenvalue weighted by Gasteiger charge is 2.55. The third-order valence-corrected chi connectivity index (χ3v) is 7.01. The van der Waals surface area contributed by atoms with Gasteiger partial charge in [-0.15, -0.1) is 0 Å². The second-order valence-electron chi connectivity index (χ2n) is 8.70. The molecule has 31 heavy (non-hydrogen) atoms. The summed E-state index contributed by atoms with van der Waals surface area (Å²) in [5.41, 5.74) is 2.93. The number of carbonyl (C=O) groups is 2. The summed E-state index contributed by atoms with van der Waals surface area (Å²) in [6, 6.07) is 17.3. The Labute approximate surface area is 182 Å². The molecule has 1 N–H and O–H groups in total. The number of ether oxygens (including phenoxy) is 1. The third kappa shape index (κ3) is 3.54. The van der Waals surface area contributed by atoms with Gasteiger partial charge in [0.25, 0.3) is 0 Å². The van der Waals surface area contributed by atoms with E-state index in [1.807, 2.05) is 64.4 Å². The van der Waals surface area contributed by atoms with E-state index in [1.165, 1.54) is 0 Å². The molecule has 0 saturated carbocycles. The number of hydrogen-bond acceptors (Lipinski definition) is 4. The van der Waals surface area contributed by atoms with Crippen LogP contribution in [0.2, 0.25) is 0 Å². The number of rotatable bonds is 4. The largest absolute Gasteiger partial charge is 0.394 e. The fourth-order valence-corrected chi connectivity index (χ4v) is 5.45. The number of aliphatic hydroxyl groups excluding tert-OH is 1. The fraction of sp³-hybridized carbons (Fsp3) is 0.440. The van der Waals surface area contributed by atoms with Gasteiger partial charge in [0.05, 0.1) is 25.1 Å². The Morgan fingerprint density at radius 3 is 2.45 bits per heavy atom. The van der Waals surface area contributed by atoms with Crippen molar-refractivity contribution in [2.24, 2.45) is 5.92 Å². The van der Waals surface area contributed by atoms with Gasteiger partial charge in [-0.05, 0) is 30.0 Å². The Kier molecular flexibility index (Phi) is 5.50. The van der Waals surface area contributed by atoms with E-state index in [0.717, 1.165) is 29.7 Å². The maximum Gasteiger partial charge on any atom is 0.231 e. The summed E-state index contributed by atoms with van der Waals surface area (Å²) in [5, 5.41) is 10.1. The van der Waals surface area contributed by atoms with Crippen molar-refractivity contribution < 1.29 is 19.4 Å². The number of carbonyl (C=O) groups excluding carboxylic acids is 2. The highest BCUT2D eigenvalue weighted by atomic mass is 16.5. The zero-order valence-corrected chi connectivity index (χ0v) is 17.5. The molecule has 162 valence electrons. The molecular weight excluding hydrogens is 392 g/mol. The lowest BCUT2D eigenvalue weighted by Crippen LogP contribution is -2.71. The number of aliphatic hydroxyl groups is 1. The van der Waals surface area contributed by atoms with Crippen LogP contribution in [0.1, 0.15) is 29.9 Å². The Balaban J connectivity index is 1.43. The normalized spacial score (nSPS) is 25.4. The van der Waals surface area contributed by atoms with Gasteiger partial charge in [-0.25, -0.2) is 0 Å². The van der Waals surface area contributed by atoms with E-state index in [4.69, 9.17) is 4.74 Å². The summed E-state index contributed by atoms with van der Waals surface area (Å²) >= 11 is 0. The number of likely N-dealkylation sites (tertiary alicyclic amines) is 1. The van der Waals surface area contributed by atoms with E-state index in [2.05, 4.69) is 0 Å². The second-order valence-corrected chi connectivity index (χ2v) is 8.70. The first kappa shape index (κ1) is 20.2. The summed E-state index contributed by atoms with van der Waals surface area (Å²) in [7, 11) is 0. The van der Waals surface area contributed by atoms with Crippen molar-refractivity contribution in [2.75, 3.05) is 31.3 Å². The Morgan fingerprint density at radius 1 is 1.00 bits per heavy atom. The molecule has 3 aliphatic rings. The molecule has 2 aromatic rings. The summed E-state index contributed by atoms with van der Waals surface area (Å²) in [6.07, 6.45) is 1.76. The molecule has 6 heteroatoms. The zero-order valence-electron chi connectivity index (χ0n) is 17.5. The predicted molar refractivity (Wildman–Crippen MR) is 117 cm³/mol. The molecule has 3 heterocycles. The smallest absolute Gasteiger partial charge is 0.231 e. The molecule has 2 aromatic carbocycles.